The van der Waals surface area contributed by atoms with E-state index >= 15 is 0 Å². The average molecular weight is 407 g/mol. The molecule has 0 aliphatic heterocycles. The summed E-state index contributed by atoms with van der Waals surface area (Å²) in [6, 6.07) is 4.09. The van der Waals surface area contributed by atoms with Crippen molar-refractivity contribution >= 4 is 12.7 Å². The Hall–Kier alpha value is -0.880. The third-order valence-corrected chi connectivity index (χ3v) is 8.67. The molecule has 1 rings (SSSR count). The second kappa shape index (κ2) is 10.8. The van der Waals surface area contributed by atoms with Gasteiger partial charge in [-0.1, -0.05) is 78.0 Å². The van der Waals surface area contributed by atoms with Crippen molar-refractivity contribution in [1.29, 1.82) is 0 Å². The summed E-state index contributed by atoms with van der Waals surface area (Å²) in [6.45, 7) is 17.0. The minimum atomic E-state index is -2.93. The first-order valence-electron chi connectivity index (χ1n) is 11.1. The molecule has 0 N–H and O–H groups in total. The van der Waals surface area contributed by atoms with Crippen LogP contribution in [-0.2, 0) is 4.57 Å². The zero-order valence-corrected chi connectivity index (χ0v) is 20.5. The minimum absolute atomic E-state index is 0.0706. The summed E-state index contributed by atoms with van der Waals surface area (Å²) in [6.07, 6.45) is 7.66. The predicted octanol–water partition coefficient (Wildman–Crippen LogP) is 8.16. The van der Waals surface area contributed by atoms with E-state index in [9.17, 15) is 9.36 Å². The van der Waals surface area contributed by atoms with Gasteiger partial charge in [-0.15, -0.1) is 0 Å². The summed E-state index contributed by atoms with van der Waals surface area (Å²) in [5.41, 5.74) is 3.92. The Balaban J connectivity index is 3.11. The highest BCUT2D eigenvalue weighted by Crippen LogP contribution is 2.53. The Bertz CT molecular complexity index is 674. The van der Waals surface area contributed by atoms with Crippen molar-refractivity contribution in [2.45, 2.75) is 93.9 Å². The average Bonchev–Trinajstić information content (AvgIpc) is 2.51. The minimum Gasteiger partial charge on any atom is -0.315 e. The Morgan fingerprint density at radius 1 is 1.00 bits per heavy atom. The quantitative estimate of drug-likeness (QED) is 0.274. The molecular formula is C25H43O2P. The number of unbranched alkanes of at least 4 members (excludes halogenated alkanes) is 4. The molecule has 0 aromatic heterocycles. The first-order chi connectivity index (χ1) is 12.9. The van der Waals surface area contributed by atoms with Crippen LogP contribution in [0.5, 0.6) is 0 Å². The lowest BCUT2D eigenvalue weighted by molar-refractivity contribution is 0.107. The number of carbonyl (C=O) groups is 1. The molecule has 0 aliphatic rings. The van der Waals surface area contributed by atoms with E-state index in [1.807, 2.05) is 32.9 Å². The van der Waals surface area contributed by atoms with Gasteiger partial charge < -0.3 is 4.57 Å². The Morgan fingerprint density at radius 3 is 2.04 bits per heavy atom. The van der Waals surface area contributed by atoms with Crippen LogP contribution in [0.1, 0.15) is 100 Å². The number of aryl methyl sites for hydroxylation is 3. The van der Waals surface area contributed by atoms with Gasteiger partial charge >= 0.3 is 0 Å². The van der Waals surface area contributed by atoms with Crippen molar-refractivity contribution < 1.29 is 9.36 Å². The zero-order chi connectivity index (χ0) is 21.5. The van der Waals surface area contributed by atoms with Crippen LogP contribution in [0.25, 0.3) is 0 Å². The van der Waals surface area contributed by atoms with Gasteiger partial charge in [-0.2, -0.15) is 0 Å². The molecule has 2 unspecified atom stereocenters. The molecule has 0 spiro atoms. The fourth-order valence-electron chi connectivity index (χ4n) is 4.58. The van der Waals surface area contributed by atoms with Crippen LogP contribution in [0.4, 0.5) is 0 Å². The van der Waals surface area contributed by atoms with Crippen LogP contribution < -0.4 is 0 Å². The van der Waals surface area contributed by atoms with Crippen LogP contribution >= 0.6 is 7.14 Å². The summed E-state index contributed by atoms with van der Waals surface area (Å²) in [7, 11) is -2.93. The normalized spacial score (nSPS) is 15.3. The fraction of sp³-hybridized carbons (Fsp3) is 0.720. The van der Waals surface area contributed by atoms with Crippen LogP contribution in [0, 0.1) is 32.1 Å². The van der Waals surface area contributed by atoms with Crippen molar-refractivity contribution in [3.63, 3.8) is 0 Å². The summed E-state index contributed by atoms with van der Waals surface area (Å²) in [5, 5.41) is 0. The first kappa shape index (κ1) is 25.2. The SMILES string of the molecule is CCCCCCCP(=O)(CC(C)CC(C)(C)C)C(=O)c1c(C)cc(C)cc1C. The van der Waals surface area contributed by atoms with Gasteiger partial charge in [0.25, 0.3) is 0 Å². The number of rotatable bonds is 11. The molecule has 1 aromatic carbocycles. The lowest BCUT2D eigenvalue weighted by atomic mass is 9.86. The summed E-state index contributed by atoms with van der Waals surface area (Å²) in [5.74, 6) is 0.288. The van der Waals surface area contributed by atoms with E-state index in [0.717, 1.165) is 36.0 Å². The maximum atomic E-state index is 14.1. The van der Waals surface area contributed by atoms with E-state index in [-0.39, 0.29) is 16.9 Å². The second-order valence-electron chi connectivity index (χ2n) is 10.2. The van der Waals surface area contributed by atoms with Gasteiger partial charge in [-0.05, 0) is 56.1 Å². The highest BCUT2D eigenvalue weighted by Gasteiger charge is 2.35. The molecule has 2 nitrogen and oxygen atoms in total. The molecular weight excluding hydrogens is 363 g/mol. The van der Waals surface area contributed by atoms with Crippen molar-refractivity contribution in [2.24, 2.45) is 11.3 Å². The van der Waals surface area contributed by atoms with Crippen molar-refractivity contribution in [3.05, 3.63) is 34.4 Å². The van der Waals surface area contributed by atoms with Crippen LogP contribution in [0.15, 0.2) is 12.1 Å². The highest BCUT2D eigenvalue weighted by atomic mass is 31.2. The Kier molecular flexibility index (Phi) is 9.68. The Labute approximate surface area is 174 Å². The summed E-state index contributed by atoms with van der Waals surface area (Å²) < 4.78 is 14.1. The van der Waals surface area contributed by atoms with Crippen LogP contribution in [-0.4, -0.2) is 17.8 Å². The Morgan fingerprint density at radius 2 is 1.54 bits per heavy atom. The van der Waals surface area contributed by atoms with Crippen molar-refractivity contribution in [3.8, 4) is 0 Å². The molecule has 0 amide bonds. The third kappa shape index (κ3) is 7.86. The molecule has 0 heterocycles. The van der Waals surface area contributed by atoms with Crippen LogP contribution in [0.2, 0.25) is 0 Å². The van der Waals surface area contributed by atoms with Gasteiger partial charge in [0.2, 0.25) is 5.52 Å². The molecule has 0 saturated heterocycles. The largest absolute Gasteiger partial charge is 0.315 e. The maximum Gasteiger partial charge on any atom is 0.221 e. The molecule has 2 atom stereocenters. The van der Waals surface area contributed by atoms with E-state index < -0.39 is 7.14 Å². The summed E-state index contributed by atoms with van der Waals surface area (Å²) >= 11 is 0. The molecule has 0 saturated carbocycles. The lowest BCUT2D eigenvalue weighted by Gasteiger charge is -2.27. The smallest absolute Gasteiger partial charge is 0.221 e. The van der Waals surface area contributed by atoms with Gasteiger partial charge in [0.15, 0.2) is 7.14 Å². The van der Waals surface area contributed by atoms with E-state index in [2.05, 4.69) is 34.6 Å². The first-order valence-corrected chi connectivity index (χ1v) is 13.2. The van der Waals surface area contributed by atoms with E-state index in [1.165, 1.54) is 19.3 Å². The number of hydrogen-bond acceptors (Lipinski definition) is 2. The fourth-order valence-corrected chi connectivity index (χ4v) is 7.76. The van der Waals surface area contributed by atoms with E-state index in [1.54, 1.807) is 0 Å². The standard InChI is InChI=1S/C25H43O2P/c1-9-10-11-12-13-14-28(27,18-20(3)17-25(6,7)8)24(26)23-21(4)15-19(2)16-22(23)5/h15-16,20H,9-14,17-18H2,1-8H3. The molecule has 0 aliphatic carbocycles. The third-order valence-electron chi connectivity index (χ3n) is 5.45. The summed E-state index contributed by atoms with van der Waals surface area (Å²) in [4.78, 5) is 13.6. The number of benzene rings is 1. The molecule has 160 valence electrons. The topological polar surface area (TPSA) is 34.1 Å². The monoisotopic (exact) mass is 406 g/mol. The predicted molar refractivity (Wildman–Crippen MR) is 124 cm³/mol. The second-order valence-corrected chi connectivity index (χ2v) is 13.2. The number of carbonyl (C=O) groups excluding carboxylic acids is 1. The van der Waals surface area contributed by atoms with E-state index in [4.69, 9.17) is 0 Å². The molecule has 0 radical (unpaired) electrons. The zero-order valence-electron chi connectivity index (χ0n) is 19.7. The van der Waals surface area contributed by atoms with Gasteiger partial charge in [-0.25, -0.2) is 0 Å². The van der Waals surface area contributed by atoms with Crippen molar-refractivity contribution in [1.82, 2.24) is 0 Å². The van der Waals surface area contributed by atoms with Gasteiger partial charge in [0.1, 0.15) is 0 Å². The molecule has 28 heavy (non-hydrogen) atoms. The van der Waals surface area contributed by atoms with Gasteiger partial charge in [0, 0.05) is 17.9 Å². The lowest BCUT2D eigenvalue weighted by Crippen LogP contribution is -2.19. The molecule has 3 heteroatoms. The molecule has 0 fully saturated rings. The number of hydrogen-bond donors (Lipinski definition) is 0. The van der Waals surface area contributed by atoms with Gasteiger partial charge in [0.05, 0.1) is 0 Å². The van der Waals surface area contributed by atoms with Crippen molar-refractivity contribution in [2.75, 3.05) is 12.3 Å². The highest BCUT2D eigenvalue weighted by molar-refractivity contribution is 7.81. The molecule has 1 aromatic rings. The van der Waals surface area contributed by atoms with Crippen LogP contribution in [0.3, 0.4) is 0 Å². The van der Waals surface area contributed by atoms with E-state index in [0.29, 0.717) is 17.9 Å². The maximum absolute atomic E-state index is 14.1. The molecule has 0 bridgehead atoms. The van der Waals surface area contributed by atoms with Gasteiger partial charge in [-0.3, -0.25) is 4.79 Å².